The van der Waals surface area contributed by atoms with E-state index in [1.165, 1.54) is 0 Å². The van der Waals surface area contributed by atoms with Crippen LogP contribution in [0.1, 0.15) is 25.8 Å². The molecule has 2 aromatic rings. The van der Waals surface area contributed by atoms with Crippen LogP contribution in [-0.2, 0) is 0 Å². The lowest BCUT2D eigenvalue weighted by Gasteiger charge is -2.25. The van der Waals surface area contributed by atoms with Crippen molar-refractivity contribution in [1.82, 2.24) is 0 Å². The van der Waals surface area contributed by atoms with E-state index in [0.717, 1.165) is 22.7 Å². The summed E-state index contributed by atoms with van der Waals surface area (Å²) in [6.45, 7) is 4.34. The van der Waals surface area contributed by atoms with Gasteiger partial charge in [-0.1, -0.05) is 48.9 Å². The van der Waals surface area contributed by atoms with Crippen LogP contribution in [0.15, 0.2) is 59.7 Å². The average molecular weight is 287 g/mol. The molecule has 0 radical (unpaired) electrons. The highest BCUT2D eigenvalue weighted by Crippen LogP contribution is 2.18. The maximum Gasteiger partial charge on any atom is 0.0597 e. The Hall–Kier alpha value is -1.80. The van der Waals surface area contributed by atoms with Gasteiger partial charge in [-0.05, 0) is 43.2 Å². The second-order valence-corrected chi connectivity index (χ2v) is 5.17. The highest BCUT2D eigenvalue weighted by molar-refractivity contribution is 6.30. The number of rotatable bonds is 5. The van der Waals surface area contributed by atoms with Gasteiger partial charge in [-0.3, -0.25) is 5.01 Å². The maximum atomic E-state index is 5.89. The van der Waals surface area contributed by atoms with Crippen molar-refractivity contribution >= 4 is 23.5 Å². The summed E-state index contributed by atoms with van der Waals surface area (Å²) in [5, 5.41) is 7.42. The molecule has 2 aromatic carbocycles. The number of hydrazone groups is 1. The number of para-hydroxylation sites is 1. The summed E-state index contributed by atoms with van der Waals surface area (Å²) >= 11 is 5.89. The topological polar surface area (TPSA) is 15.6 Å². The smallest absolute Gasteiger partial charge is 0.0597 e. The third-order valence-electron chi connectivity index (χ3n) is 3.23. The van der Waals surface area contributed by atoms with Gasteiger partial charge in [0.25, 0.3) is 0 Å². The van der Waals surface area contributed by atoms with Gasteiger partial charge in [-0.15, -0.1) is 0 Å². The Balaban J connectivity index is 2.22. The molecule has 0 fully saturated rings. The summed E-state index contributed by atoms with van der Waals surface area (Å²) in [6, 6.07) is 18.2. The number of hydrogen-bond acceptors (Lipinski definition) is 2. The van der Waals surface area contributed by atoms with E-state index in [2.05, 4.69) is 36.1 Å². The molecule has 0 aliphatic rings. The van der Waals surface area contributed by atoms with Crippen LogP contribution < -0.4 is 5.01 Å². The number of benzene rings is 2. The summed E-state index contributed by atoms with van der Waals surface area (Å²) in [4.78, 5) is 0. The van der Waals surface area contributed by atoms with E-state index in [9.17, 15) is 0 Å². The van der Waals surface area contributed by atoms with Crippen LogP contribution in [0.25, 0.3) is 0 Å². The molecule has 2 rings (SSSR count). The molecule has 0 aliphatic heterocycles. The van der Waals surface area contributed by atoms with E-state index >= 15 is 0 Å². The molecular formula is C17H19ClN2. The van der Waals surface area contributed by atoms with Crippen molar-refractivity contribution in [3.63, 3.8) is 0 Å². The normalized spacial score (nSPS) is 12.6. The molecule has 104 valence electrons. The first kappa shape index (κ1) is 14.6. The second kappa shape index (κ2) is 7.11. The van der Waals surface area contributed by atoms with Gasteiger partial charge in [-0.2, -0.15) is 5.10 Å². The number of nitrogens with zero attached hydrogens (tertiary/aromatic N) is 2. The van der Waals surface area contributed by atoms with Crippen molar-refractivity contribution in [3.8, 4) is 0 Å². The standard InChI is InChI=1S/C17H19ClN2/c1-3-14(2)20(17-7-5-4-6-8-17)19-13-15-9-11-16(18)12-10-15/h4-14H,3H2,1-2H3/b19-13+. The predicted octanol–water partition coefficient (Wildman–Crippen LogP) is 4.98. The van der Waals surface area contributed by atoms with Crippen LogP contribution in [0.5, 0.6) is 0 Å². The highest BCUT2D eigenvalue weighted by atomic mass is 35.5. The van der Waals surface area contributed by atoms with E-state index in [1.807, 2.05) is 48.7 Å². The Morgan fingerprint density at radius 1 is 1.10 bits per heavy atom. The summed E-state index contributed by atoms with van der Waals surface area (Å²) in [7, 11) is 0. The molecule has 1 unspecified atom stereocenters. The van der Waals surface area contributed by atoms with Crippen molar-refractivity contribution < 1.29 is 0 Å². The van der Waals surface area contributed by atoms with Gasteiger partial charge in [0.1, 0.15) is 0 Å². The van der Waals surface area contributed by atoms with Crippen LogP contribution >= 0.6 is 11.6 Å². The van der Waals surface area contributed by atoms with E-state index < -0.39 is 0 Å². The molecule has 0 aromatic heterocycles. The summed E-state index contributed by atoms with van der Waals surface area (Å²) in [5.74, 6) is 0. The summed E-state index contributed by atoms with van der Waals surface area (Å²) in [6.07, 6.45) is 2.91. The fourth-order valence-electron chi connectivity index (χ4n) is 1.87. The van der Waals surface area contributed by atoms with Gasteiger partial charge >= 0.3 is 0 Å². The molecule has 1 atom stereocenters. The minimum Gasteiger partial charge on any atom is -0.263 e. The molecule has 2 nitrogen and oxygen atoms in total. The van der Waals surface area contributed by atoms with Crippen molar-refractivity contribution in [2.45, 2.75) is 26.3 Å². The SMILES string of the molecule is CCC(C)N(/N=C/c1ccc(Cl)cc1)c1ccccc1. The molecular weight excluding hydrogens is 268 g/mol. The van der Waals surface area contributed by atoms with Crippen molar-refractivity contribution in [1.29, 1.82) is 0 Å². The Morgan fingerprint density at radius 2 is 1.75 bits per heavy atom. The van der Waals surface area contributed by atoms with Crippen LogP contribution in [0.4, 0.5) is 5.69 Å². The fourth-order valence-corrected chi connectivity index (χ4v) is 1.99. The van der Waals surface area contributed by atoms with Gasteiger partial charge < -0.3 is 0 Å². The molecule has 0 spiro atoms. The van der Waals surface area contributed by atoms with Gasteiger partial charge in [0.2, 0.25) is 0 Å². The van der Waals surface area contributed by atoms with E-state index in [4.69, 9.17) is 11.6 Å². The molecule has 0 saturated heterocycles. The van der Waals surface area contributed by atoms with Crippen LogP contribution in [0, 0.1) is 0 Å². The third kappa shape index (κ3) is 3.84. The third-order valence-corrected chi connectivity index (χ3v) is 3.48. The van der Waals surface area contributed by atoms with E-state index in [1.54, 1.807) is 0 Å². The van der Waals surface area contributed by atoms with Crippen LogP contribution in [0.2, 0.25) is 5.02 Å². The Labute approximate surface area is 125 Å². The van der Waals surface area contributed by atoms with Crippen molar-refractivity contribution in [2.75, 3.05) is 5.01 Å². The zero-order valence-electron chi connectivity index (χ0n) is 11.8. The van der Waals surface area contributed by atoms with Crippen molar-refractivity contribution in [3.05, 3.63) is 65.2 Å². The largest absolute Gasteiger partial charge is 0.263 e. The molecule has 3 heteroatoms. The molecule has 0 saturated carbocycles. The number of halogens is 1. The Bertz CT molecular complexity index is 549. The molecule has 0 heterocycles. The zero-order valence-corrected chi connectivity index (χ0v) is 12.6. The summed E-state index contributed by atoms with van der Waals surface area (Å²) < 4.78 is 0. The van der Waals surface area contributed by atoms with Crippen LogP contribution in [0.3, 0.4) is 0 Å². The van der Waals surface area contributed by atoms with Crippen LogP contribution in [-0.4, -0.2) is 12.3 Å². The van der Waals surface area contributed by atoms with Gasteiger partial charge in [0.05, 0.1) is 11.9 Å². The lowest BCUT2D eigenvalue weighted by Crippen LogP contribution is -2.27. The molecule has 0 N–H and O–H groups in total. The zero-order chi connectivity index (χ0) is 14.4. The molecule has 0 amide bonds. The quantitative estimate of drug-likeness (QED) is 0.559. The molecule has 20 heavy (non-hydrogen) atoms. The molecule has 0 aliphatic carbocycles. The van der Waals surface area contributed by atoms with E-state index in [-0.39, 0.29) is 0 Å². The number of hydrogen-bond donors (Lipinski definition) is 0. The van der Waals surface area contributed by atoms with E-state index in [0.29, 0.717) is 6.04 Å². The molecule has 0 bridgehead atoms. The number of anilines is 1. The summed E-state index contributed by atoms with van der Waals surface area (Å²) in [5.41, 5.74) is 2.14. The van der Waals surface area contributed by atoms with Gasteiger partial charge in [-0.25, -0.2) is 0 Å². The first-order valence-electron chi connectivity index (χ1n) is 6.84. The first-order chi connectivity index (χ1) is 9.70. The average Bonchev–Trinajstić information content (AvgIpc) is 2.50. The highest BCUT2D eigenvalue weighted by Gasteiger charge is 2.10. The maximum absolute atomic E-state index is 5.89. The Morgan fingerprint density at radius 3 is 2.35 bits per heavy atom. The first-order valence-corrected chi connectivity index (χ1v) is 7.22. The second-order valence-electron chi connectivity index (χ2n) is 4.73. The fraction of sp³-hybridized carbons (Fsp3) is 0.235. The van der Waals surface area contributed by atoms with Gasteiger partial charge in [0.15, 0.2) is 0 Å². The van der Waals surface area contributed by atoms with Gasteiger partial charge in [0, 0.05) is 11.1 Å². The predicted molar refractivity (Wildman–Crippen MR) is 87.7 cm³/mol. The lowest BCUT2D eigenvalue weighted by atomic mass is 10.2. The Kier molecular flexibility index (Phi) is 5.19. The minimum absolute atomic E-state index is 0.348. The lowest BCUT2D eigenvalue weighted by molar-refractivity contribution is 0.637. The van der Waals surface area contributed by atoms with Crippen molar-refractivity contribution in [2.24, 2.45) is 5.10 Å². The minimum atomic E-state index is 0.348. The monoisotopic (exact) mass is 286 g/mol.